The molecule has 3 rings (SSSR count). The summed E-state index contributed by atoms with van der Waals surface area (Å²) >= 11 is 1.83. The van der Waals surface area contributed by atoms with Crippen molar-refractivity contribution in [2.75, 3.05) is 19.6 Å². The lowest BCUT2D eigenvalue weighted by molar-refractivity contribution is -0.130. The van der Waals surface area contributed by atoms with Gasteiger partial charge < -0.3 is 10.6 Å². The number of carbonyl (C=O) groups excluding carboxylic acids is 1. The SMILES string of the molecule is Cc1ccc(CCCC(=O)N2C[C@@H](CN)[C@H](c3ccccc3)C2)s1. The first kappa shape index (κ1) is 17.2. The Labute approximate surface area is 148 Å². The second-order valence-electron chi connectivity index (χ2n) is 6.68. The predicted molar refractivity (Wildman–Crippen MR) is 100 cm³/mol. The Morgan fingerprint density at radius 2 is 2.00 bits per heavy atom. The number of carbonyl (C=O) groups is 1. The van der Waals surface area contributed by atoms with Gasteiger partial charge >= 0.3 is 0 Å². The van der Waals surface area contributed by atoms with Crippen molar-refractivity contribution in [3.63, 3.8) is 0 Å². The highest BCUT2D eigenvalue weighted by Gasteiger charge is 2.34. The van der Waals surface area contributed by atoms with Crippen molar-refractivity contribution < 1.29 is 4.79 Å². The fourth-order valence-corrected chi connectivity index (χ4v) is 4.52. The van der Waals surface area contributed by atoms with E-state index in [1.165, 1.54) is 15.3 Å². The van der Waals surface area contributed by atoms with Crippen LogP contribution in [0.2, 0.25) is 0 Å². The molecule has 1 aliphatic rings. The molecule has 1 fully saturated rings. The van der Waals surface area contributed by atoms with Crippen molar-refractivity contribution in [3.05, 3.63) is 57.8 Å². The van der Waals surface area contributed by atoms with E-state index in [0.717, 1.165) is 25.9 Å². The lowest BCUT2D eigenvalue weighted by Crippen LogP contribution is -2.29. The molecule has 0 spiro atoms. The normalized spacial score (nSPS) is 20.5. The average molecular weight is 343 g/mol. The van der Waals surface area contributed by atoms with Crippen LogP contribution >= 0.6 is 11.3 Å². The fraction of sp³-hybridized carbons (Fsp3) is 0.450. The van der Waals surface area contributed by atoms with Crippen LogP contribution in [-0.4, -0.2) is 30.4 Å². The van der Waals surface area contributed by atoms with Crippen LogP contribution in [0.4, 0.5) is 0 Å². The molecule has 1 aliphatic heterocycles. The van der Waals surface area contributed by atoms with Crippen LogP contribution in [0.3, 0.4) is 0 Å². The minimum absolute atomic E-state index is 0.278. The number of nitrogens with two attached hydrogens (primary N) is 1. The highest BCUT2D eigenvalue weighted by molar-refractivity contribution is 7.11. The topological polar surface area (TPSA) is 46.3 Å². The zero-order chi connectivity index (χ0) is 16.9. The van der Waals surface area contributed by atoms with Gasteiger partial charge in [-0.15, -0.1) is 11.3 Å². The molecule has 24 heavy (non-hydrogen) atoms. The number of rotatable bonds is 6. The van der Waals surface area contributed by atoms with Gasteiger partial charge in [0.15, 0.2) is 0 Å². The van der Waals surface area contributed by atoms with E-state index in [-0.39, 0.29) is 5.91 Å². The van der Waals surface area contributed by atoms with Crippen molar-refractivity contribution in [1.29, 1.82) is 0 Å². The van der Waals surface area contributed by atoms with Gasteiger partial charge in [0.1, 0.15) is 0 Å². The summed E-state index contributed by atoms with van der Waals surface area (Å²) < 4.78 is 0. The maximum atomic E-state index is 12.6. The van der Waals surface area contributed by atoms with E-state index < -0.39 is 0 Å². The summed E-state index contributed by atoms with van der Waals surface area (Å²) in [6.07, 6.45) is 2.56. The van der Waals surface area contributed by atoms with Gasteiger partial charge in [0.25, 0.3) is 0 Å². The maximum Gasteiger partial charge on any atom is 0.222 e. The Kier molecular flexibility index (Phi) is 5.69. The van der Waals surface area contributed by atoms with Crippen LogP contribution in [-0.2, 0) is 11.2 Å². The lowest BCUT2D eigenvalue weighted by Gasteiger charge is -2.16. The van der Waals surface area contributed by atoms with Crippen LogP contribution in [0.5, 0.6) is 0 Å². The van der Waals surface area contributed by atoms with Crippen LogP contribution in [0.1, 0.15) is 34.1 Å². The zero-order valence-electron chi connectivity index (χ0n) is 14.3. The van der Waals surface area contributed by atoms with Crippen LogP contribution in [0.25, 0.3) is 0 Å². The van der Waals surface area contributed by atoms with Crippen LogP contribution in [0, 0.1) is 12.8 Å². The van der Waals surface area contributed by atoms with E-state index in [1.54, 1.807) is 0 Å². The van der Waals surface area contributed by atoms with Gasteiger partial charge in [0.05, 0.1) is 0 Å². The first-order valence-corrected chi connectivity index (χ1v) is 9.57. The minimum Gasteiger partial charge on any atom is -0.342 e. The molecule has 1 aromatic heterocycles. The van der Waals surface area contributed by atoms with E-state index in [2.05, 4.69) is 43.3 Å². The minimum atomic E-state index is 0.278. The molecule has 2 aromatic rings. The first-order chi connectivity index (χ1) is 11.7. The number of amides is 1. The molecule has 4 heteroatoms. The Balaban J connectivity index is 1.54. The standard InChI is InChI=1S/C20H26N2OS/c1-15-10-11-18(24-15)8-5-9-20(23)22-13-17(12-21)19(14-22)16-6-3-2-4-7-16/h2-4,6-7,10-11,17,19H,5,8-9,12-14,21H2,1H3/t17-,19+/m1/s1. The van der Waals surface area contributed by atoms with Crippen molar-refractivity contribution in [1.82, 2.24) is 4.90 Å². The number of hydrogen-bond acceptors (Lipinski definition) is 3. The smallest absolute Gasteiger partial charge is 0.222 e. The quantitative estimate of drug-likeness (QED) is 0.872. The van der Waals surface area contributed by atoms with Gasteiger partial charge in [0, 0.05) is 35.2 Å². The van der Waals surface area contributed by atoms with Crippen molar-refractivity contribution in [2.45, 2.75) is 32.1 Å². The van der Waals surface area contributed by atoms with Crippen molar-refractivity contribution in [2.24, 2.45) is 11.7 Å². The summed E-state index contributed by atoms with van der Waals surface area (Å²) in [7, 11) is 0. The van der Waals surface area contributed by atoms with Crippen LogP contribution < -0.4 is 5.73 Å². The molecule has 0 bridgehead atoms. The Bertz CT molecular complexity index is 667. The molecule has 1 saturated heterocycles. The Morgan fingerprint density at radius 3 is 2.67 bits per heavy atom. The molecule has 1 aromatic carbocycles. The summed E-state index contributed by atoms with van der Waals surface area (Å²) in [5, 5.41) is 0. The number of hydrogen-bond donors (Lipinski definition) is 1. The summed E-state index contributed by atoms with van der Waals surface area (Å²) in [4.78, 5) is 17.3. The highest BCUT2D eigenvalue weighted by Crippen LogP contribution is 2.32. The summed E-state index contributed by atoms with van der Waals surface area (Å²) in [5.74, 6) is 1.02. The molecular formula is C20H26N2OS. The van der Waals surface area contributed by atoms with Crippen LogP contribution in [0.15, 0.2) is 42.5 Å². The van der Waals surface area contributed by atoms with Gasteiger partial charge in [-0.05, 0) is 49.9 Å². The van der Waals surface area contributed by atoms with Gasteiger partial charge in [-0.1, -0.05) is 30.3 Å². The molecule has 0 aliphatic carbocycles. The van der Waals surface area contributed by atoms with Gasteiger partial charge in [-0.3, -0.25) is 4.79 Å². The number of nitrogens with zero attached hydrogens (tertiary/aromatic N) is 1. The van der Waals surface area contributed by atoms with E-state index in [9.17, 15) is 4.79 Å². The molecule has 0 radical (unpaired) electrons. The molecule has 2 N–H and O–H groups in total. The largest absolute Gasteiger partial charge is 0.342 e. The molecule has 0 saturated carbocycles. The third-order valence-electron chi connectivity index (χ3n) is 4.93. The number of benzene rings is 1. The summed E-state index contributed by atoms with van der Waals surface area (Å²) in [6, 6.07) is 14.8. The van der Waals surface area contributed by atoms with E-state index in [4.69, 9.17) is 5.73 Å². The Hall–Kier alpha value is -1.65. The van der Waals surface area contributed by atoms with Gasteiger partial charge in [-0.2, -0.15) is 0 Å². The molecule has 0 unspecified atom stereocenters. The molecule has 2 atom stereocenters. The summed E-state index contributed by atoms with van der Waals surface area (Å²) in [5.41, 5.74) is 7.27. The van der Waals surface area contributed by atoms with Gasteiger partial charge in [0.2, 0.25) is 5.91 Å². The van der Waals surface area contributed by atoms with Crippen molar-refractivity contribution in [3.8, 4) is 0 Å². The van der Waals surface area contributed by atoms with E-state index >= 15 is 0 Å². The zero-order valence-corrected chi connectivity index (χ0v) is 15.1. The van der Waals surface area contributed by atoms with Crippen molar-refractivity contribution >= 4 is 17.2 Å². The monoisotopic (exact) mass is 342 g/mol. The third-order valence-corrected chi connectivity index (χ3v) is 5.99. The maximum absolute atomic E-state index is 12.6. The molecule has 1 amide bonds. The van der Waals surface area contributed by atoms with Gasteiger partial charge in [-0.25, -0.2) is 0 Å². The predicted octanol–water partition coefficient (Wildman–Crippen LogP) is 3.58. The number of likely N-dealkylation sites (tertiary alicyclic amines) is 1. The number of thiophene rings is 1. The third kappa shape index (κ3) is 4.05. The average Bonchev–Trinajstić information content (AvgIpc) is 3.22. The molecule has 128 valence electrons. The second kappa shape index (κ2) is 7.95. The highest BCUT2D eigenvalue weighted by atomic mass is 32.1. The van der Waals surface area contributed by atoms with E-state index in [0.29, 0.717) is 24.8 Å². The second-order valence-corrected chi connectivity index (χ2v) is 8.05. The molecule has 2 heterocycles. The number of aryl methyl sites for hydroxylation is 2. The molecule has 3 nitrogen and oxygen atoms in total. The molecular weight excluding hydrogens is 316 g/mol. The fourth-order valence-electron chi connectivity index (χ4n) is 3.58. The first-order valence-electron chi connectivity index (χ1n) is 8.75. The summed E-state index contributed by atoms with van der Waals surface area (Å²) in [6.45, 7) is 4.37. The lowest BCUT2D eigenvalue weighted by atomic mass is 9.89. The van der Waals surface area contributed by atoms with E-state index in [1.807, 2.05) is 22.3 Å². The Morgan fingerprint density at radius 1 is 1.21 bits per heavy atom.